The maximum atomic E-state index is 13.3. The molecular weight excluding hydrogens is 453 g/mol. The first-order valence-electron chi connectivity index (χ1n) is 10.5. The molecule has 1 aliphatic rings. The maximum Gasteiger partial charge on any atom is 0.255 e. The molecule has 0 spiro atoms. The smallest absolute Gasteiger partial charge is 0.255 e. The Kier molecular flexibility index (Phi) is 8.82. The predicted octanol–water partition coefficient (Wildman–Crippen LogP) is 4.13. The van der Waals surface area contributed by atoms with Crippen LogP contribution in [-0.2, 0) is 10.0 Å². The number of carbonyl (C=O) groups excluding carboxylic acids is 1. The van der Waals surface area contributed by atoms with Crippen molar-refractivity contribution in [3.05, 3.63) is 58.9 Å². The Labute approximate surface area is 196 Å². The second-order valence-electron chi connectivity index (χ2n) is 8.44. The first kappa shape index (κ1) is 26.3. The van der Waals surface area contributed by atoms with Gasteiger partial charge in [-0.1, -0.05) is 0 Å². The zero-order valence-electron chi connectivity index (χ0n) is 18.8. The van der Waals surface area contributed by atoms with Crippen LogP contribution in [0.25, 0.3) is 0 Å². The number of hydrogen-bond donors (Lipinski definition) is 2. The minimum atomic E-state index is -3.67. The van der Waals surface area contributed by atoms with Crippen LogP contribution < -0.4 is 10.0 Å². The lowest BCUT2D eigenvalue weighted by molar-refractivity contribution is 0.102. The summed E-state index contributed by atoms with van der Waals surface area (Å²) in [5.74, 6) is -0.462. The molecule has 1 aliphatic heterocycles. The Morgan fingerprint density at radius 3 is 2.34 bits per heavy atom. The second kappa shape index (κ2) is 10.7. The summed E-state index contributed by atoms with van der Waals surface area (Å²) in [5.41, 5.74) is 2.03. The van der Waals surface area contributed by atoms with Gasteiger partial charge >= 0.3 is 0 Å². The van der Waals surface area contributed by atoms with Gasteiger partial charge in [0.05, 0.1) is 4.90 Å². The highest BCUT2D eigenvalue weighted by atomic mass is 35.5. The van der Waals surface area contributed by atoms with Gasteiger partial charge in [0.2, 0.25) is 10.0 Å². The van der Waals surface area contributed by atoms with Crippen molar-refractivity contribution < 1.29 is 17.6 Å². The van der Waals surface area contributed by atoms with E-state index in [0.717, 1.165) is 25.9 Å². The monoisotopic (exact) mass is 483 g/mol. The lowest BCUT2D eigenvalue weighted by atomic mass is 9.91. The van der Waals surface area contributed by atoms with E-state index in [0.29, 0.717) is 28.3 Å². The van der Waals surface area contributed by atoms with Crippen molar-refractivity contribution in [2.75, 3.05) is 25.5 Å². The predicted molar refractivity (Wildman–Crippen MR) is 128 cm³/mol. The van der Waals surface area contributed by atoms with Gasteiger partial charge in [-0.25, -0.2) is 17.5 Å². The largest absolute Gasteiger partial charge is 0.322 e. The van der Waals surface area contributed by atoms with Gasteiger partial charge in [0.1, 0.15) is 5.82 Å². The van der Waals surface area contributed by atoms with Crippen LogP contribution >= 0.6 is 12.4 Å². The Morgan fingerprint density at radius 1 is 1.09 bits per heavy atom. The molecule has 6 nitrogen and oxygen atoms in total. The quantitative estimate of drug-likeness (QED) is 0.647. The van der Waals surface area contributed by atoms with E-state index in [-0.39, 0.29) is 29.3 Å². The summed E-state index contributed by atoms with van der Waals surface area (Å²) in [7, 11) is -1.60. The highest BCUT2D eigenvalue weighted by molar-refractivity contribution is 7.89. The molecule has 2 aromatic rings. The number of sulfonamides is 1. The van der Waals surface area contributed by atoms with Crippen LogP contribution in [0.2, 0.25) is 0 Å². The third-order valence-electron chi connectivity index (χ3n) is 6.00. The minimum absolute atomic E-state index is 0. The molecule has 1 heterocycles. The number of benzene rings is 2. The van der Waals surface area contributed by atoms with Crippen molar-refractivity contribution in [3.63, 3.8) is 0 Å². The van der Waals surface area contributed by atoms with Crippen molar-refractivity contribution in [2.45, 2.75) is 44.6 Å². The van der Waals surface area contributed by atoms with E-state index in [1.165, 1.54) is 24.3 Å². The topological polar surface area (TPSA) is 78.5 Å². The summed E-state index contributed by atoms with van der Waals surface area (Å²) >= 11 is 0. The Morgan fingerprint density at radius 2 is 1.75 bits per heavy atom. The number of rotatable bonds is 6. The van der Waals surface area contributed by atoms with Crippen LogP contribution in [0.5, 0.6) is 0 Å². The normalized spacial score (nSPS) is 16.3. The molecule has 0 radical (unpaired) electrons. The molecule has 2 aromatic carbocycles. The van der Waals surface area contributed by atoms with Crippen molar-refractivity contribution in [1.29, 1.82) is 0 Å². The van der Waals surface area contributed by atoms with Gasteiger partial charge in [0, 0.05) is 17.3 Å². The Balaban J connectivity index is 0.00000363. The van der Waals surface area contributed by atoms with E-state index in [1.807, 2.05) is 6.92 Å². The van der Waals surface area contributed by atoms with Gasteiger partial charge in [-0.2, -0.15) is 0 Å². The first-order valence-corrected chi connectivity index (χ1v) is 11.9. The van der Waals surface area contributed by atoms with Crippen LogP contribution in [0.4, 0.5) is 10.1 Å². The molecule has 1 fully saturated rings. The van der Waals surface area contributed by atoms with Crippen molar-refractivity contribution in [1.82, 2.24) is 9.62 Å². The van der Waals surface area contributed by atoms with E-state index in [9.17, 15) is 17.6 Å². The molecule has 2 N–H and O–H groups in total. The molecule has 9 heteroatoms. The van der Waals surface area contributed by atoms with Gasteiger partial charge in [-0.15, -0.1) is 12.4 Å². The molecule has 1 amide bonds. The summed E-state index contributed by atoms with van der Waals surface area (Å²) < 4.78 is 41.9. The molecule has 0 aromatic heterocycles. The molecule has 0 saturated carbocycles. The number of piperidine rings is 1. The molecule has 1 saturated heterocycles. The van der Waals surface area contributed by atoms with E-state index in [1.54, 1.807) is 26.0 Å². The molecule has 1 atom stereocenters. The summed E-state index contributed by atoms with van der Waals surface area (Å²) in [6.45, 7) is 7.26. The fourth-order valence-electron chi connectivity index (χ4n) is 3.95. The number of likely N-dealkylation sites (tertiary alicyclic amines) is 1. The van der Waals surface area contributed by atoms with Crippen molar-refractivity contribution in [2.24, 2.45) is 5.92 Å². The molecule has 0 aliphatic carbocycles. The highest BCUT2D eigenvalue weighted by Gasteiger charge is 2.26. The average molecular weight is 484 g/mol. The number of amides is 1. The lowest BCUT2D eigenvalue weighted by Gasteiger charge is -2.32. The zero-order valence-corrected chi connectivity index (χ0v) is 20.4. The second-order valence-corrected chi connectivity index (χ2v) is 10.2. The van der Waals surface area contributed by atoms with Crippen LogP contribution in [0.15, 0.2) is 41.3 Å². The van der Waals surface area contributed by atoms with Gasteiger partial charge in [-0.05, 0) is 107 Å². The third kappa shape index (κ3) is 6.28. The Bertz CT molecular complexity index is 1070. The lowest BCUT2D eigenvalue weighted by Crippen LogP contribution is -2.42. The van der Waals surface area contributed by atoms with Crippen molar-refractivity contribution >= 4 is 34.0 Å². The minimum Gasteiger partial charge on any atom is -0.322 e. The van der Waals surface area contributed by atoms with Gasteiger partial charge in [0.15, 0.2) is 0 Å². The fourth-order valence-corrected chi connectivity index (χ4v) is 5.35. The summed E-state index contributed by atoms with van der Waals surface area (Å²) in [5, 5.41) is 2.78. The number of hydrogen-bond acceptors (Lipinski definition) is 4. The summed E-state index contributed by atoms with van der Waals surface area (Å²) in [6.07, 6.45) is 1.93. The number of aryl methyl sites for hydroxylation is 2. The van der Waals surface area contributed by atoms with Crippen molar-refractivity contribution in [3.8, 4) is 0 Å². The Hall–Kier alpha value is -2.00. The molecule has 0 bridgehead atoms. The van der Waals surface area contributed by atoms with Crippen LogP contribution in [0.1, 0.15) is 41.3 Å². The highest BCUT2D eigenvalue weighted by Crippen LogP contribution is 2.24. The van der Waals surface area contributed by atoms with Gasteiger partial charge < -0.3 is 10.2 Å². The number of anilines is 1. The number of carbonyl (C=O) groups is 1. The summed E-state index contributed by atoms with van der Waals surface area (Å²) in [4.78, 5) is 15.0. The molecule has 32 heavy (non-hydrogen) atoms. The van der Waals surface area contributed by atoms with Crippen LogP contribution in [-0.4, -0.2) is 45.4 Å². The van der Waals surface area contributed by atoms with Gasteiger partial charge in [-0.3, -0.25) is 4.79 Å². The first-order chi connectivity index (χ1) is 14.6. The van der Waals surface area contributed by atoms with E-state index >= 15 is 0 Å². The number of nitrogens with zero attached hydrogens (tertiary/aromatic N) is 1. The van der Waals surface area contributed by atoms with E-state index < -0.39 is 15.8 Å². The van der Waals surface area contributed by atoms with E-state index in [4.69, 9.17) is 0 Å². The molecule has 3 rings (SSSR count). The van der Waals surface area contributed by atoms with E-state index in [2.05, 4.69) is 22.0 Å². The van der Waals surface area contributed by atoms with Crippen LogP contribution in [0.3, 0.4) is 0 Å². The SMILES string of the molecule is Cc1cc(S(=O)(=O)NC(C)C2CCN(C)CC2)ccc1NC(=O)c1ccc(F)cc1C.Cl. The molecule has 1 unspecified atom stereocenters. The third-order valence-corrected chi connectivity index (χ3v) is 7.56. The van der Waals surface area contributed by atoms with Crippen LogP contribution in [0, 0.1) is 25.6 Å². The maximum absolute atomic E-state index is 13.3. The average Bonchev–Trinajstić information content (AvgIpc) is 2.69. The number of nitrogens with one attached hydrogen (secondary N) is 2. The zero-order chi connectivity index (χ0) is 22.8. The number of halogens is 2. The van der Waals surface area contributed by atoms with Gasteiger partial charge in [0.25, 0.3) is 5.91 Å². The fraction of sp³-hybridized carbons (Fsp3) is 0.435. The molecule has 176 valence electrons. The standard InChI is InChI=1S/C23H30FN3O3S.ClH/c1-15-13-19(24)5-7-21(15)23(28)25-22-8-6-20(14-16(22)2)31(29,30)26-17(3)18-9-11-27(4)12-10-18;/h5-8,13-14,17-18,26H,9-12H2,1-4H3,(H,25,28);1H. The summed E-state index contributed by atoms with van der Waals surface area (Å²) in [6, 6.07) is 8.44. The molecular formula is C23H31ClFN3O3S.